The minimum absolute atomic E-state index is 0.0555. The molecule has 0 aromatic carbocycles. The molecule has 0 aliphatic heterocycles. The Morgan fingerprint density at radius 2 is 1.61 bits per heavy atom. The first-order valence-corrected chi connectivity index (χ1v) is 11.9. The third kappa shape index (κ3) is 10.5. The Hall–Kier alpha value is -1.06. The van der Waals surface area contributed by atoms with E-state index >= 15 is 0 Å². The van der Waals surface area contributed by atoms with Crippen LogP contribution < -0.4 is 0 Å². The van der Waals surface area contributed by atoms with E-state index in [9.17, 15) is 9.59 Å². The molecule has 28 heavy (non-hydrogen) atoms. The van der Waals surface area contributed by atoms with E-state index in [1.54, 1.807) is 6.92 Å². The summed E-state index contributed by atoms with van der Waals surface area (Å²) >= 11 is 0. The zero-order valence-electron chi connectivity index (χ0n) is 18.6. The molecule has 4 heteroatoms. The topological polar surface area (TPSA) is 63.6 Å². The van der Waals surface area contributed by atoms with E-state index in [4.69, 9.17) is 9.84 Å². The van der Waals surface area contributed by atoms with Crippen molar-refractivity contribution in [3.8, 4) is 0 Å². The maximum absolute atomic E-state index is 11.7. The number of ether oxygens (including phenoxy) is 1. The van der Waals surface area contributed by atoms with Crippen LogP contribution in [-0.4, -0.2) is 23.1 Å². The number of carbonyl (C=O) groups is 2. The summed E-state index contributed by atoms with van der Waals surface area (Å²) in [5.74, 6) is 0.657. The summed E-state index contributed by atoms with van der Waals surface area (Å²) < 4.78 is 5.71. The van der Waals surface area contributed by atoms with E-state index in [2.05, 4.69) is 6.92 Å². The first-order chi connectivity index (χ1) is 13.5. The molecule has 164 valence electrons. The van der Waals surface area contributed by atoms with Gasteiger partial charge in [-0.15, -0.1) is 0 Å². The second kappa shape index (κ2) is 14.9. The zero-order chi connectivity index (χ0) is 20.8. The fraction of sp³-hybridized carbons (Fsp3) is 0.917. The van der Waals surface area contributed by atoms with Gasteiger partial charge >= 0.3 is 11.9 Å². The number of carboxylic acid groups (broad SMARTS) is 1. The van der Waals surface area contributed by atoms with Crippen LogP contribution in [0.3, 0.4) is 0 Å². The van der Waals surface area contributed by atoms with Gasteiger partial charge in [-0.05, 0) is 43.9 Å². The van der Waals surface area contributed by atoms with Gasteiger partial charge < -0.3 is 9.84 Å². The summed E-state index contributed by atoms with van der Waals surface area (Å²) in [4.78, 5) is 22.6. The molecule has 4 atom stereocenters. The number of esters is 1. The van der Waals surface area contributed by atoms with Crippen molar-refractivity contribution in [2.75, 3.05) is 0 Å². The minimum atomic E-state index is -0.673. The molecule has 0 saturated heterocycles. The van der Waals surface area contributed by atoms with Gasteiger partial charge in [0.2, 0.25) is 0 Å². The van der Waals surface area contributed by atoms with E-state index in [1.807, 2.05) is 6.92 Å². The van der Waals surface area contributed by atoms with Gasteiger partial charge in [-0.3, -0.25) is 9.59 Å². The Labute approximate surface area is 172 Å². The highest BCUT2D eigenvalue weighted by Gasteiger charge is 2.27. The quantitative estimate of drug-likeness (QED) is 0.231. The van der Waals surface area contributed by atoms with Gasteiger partial charge in [0.1, 0.15) is 6.10 Å². The highest BCUT2D eigenvalue weighted by molar-refractivity contribution is 5.69. The minimum Gasteiger partial charge on any atom is -0.481 e. The number of carbonyl (C=O) groups excluding carboxylic acids is 1. The van der Waals surface area contributed by atoms with Gasteiger partial charge in [-0.1, -0.05) is 78.6 Å². The maximum atomic E-state index is 11.7. The molecule has 0 bridgehead atoms. The maximum Gasteiger partial charge on any atom is 0.306 e. The van der Waals surface area contributed by atoms with E-state index in [0.29, 0.717) is 6.42 Å². The van der Waals surface area contributed by atoms with Crippen molar-refractivity contribution in [2.45, 2.75) is 123 Å². The molecule has 4 nitrogen and oxygen atoms in total. The Morgan fingerprint density at radius 3 is 2.25 bits per heavy atom. The van der Waals surface area contributed by atoms with Crippen molar-refractivity contribution in [1.82, 2.24) is 0 Å². The third-order valence-electron chi connectivity index (χ3n) is 6.53. The predicted molar refractivity (Wildman–Crippen MR) is 114 cm³/mol. The number of rotatable bonds is 16. The Balaban J connectivity index is 2.31. The van der Waals surface area contributed by atoms with Crippen LogP contribution in [-0.2, 0) is 14.3 Å². The zero-order valence-corrected chi connectivity index (χ0v) is 18.6. The summed E-state index contributed by atoms with van der Waals surface area (Å²) in [5.41, 5.74) is 0. The monoisotopic (exact) mass is 396 g/mol. The van der Waals surface area contributed by atoms with Crippen LogP contribution in [0.5, 0.6) is 0 Å². The predicted octanol–water partition coefficient (Wildman–Crippen LogP) is 6.76. The number of hydrogen-bond donors (Lipinski definition) is 1. The highest BCUT2D eigenvalue weighted by Crippen LogP contribution is 2.39. The van der Waals surface area contributed by atoms with Crippen LogP contribution in [0.1, 0.15) is 117 Å². The largest absolute Gasteiger partial charge is 0.481 e. The molecule has 0 amide bonds. The van der Waals surface area contributed by atoms with Crippen LogP contribution in [0.25, 0.3) is 0 Å². The van der Waals surface area contributed by atoms with Crippen molar-refractivity contribution in [3.05, 3.63) is 0 Å². The van der Waals surface area contributed by atoms with Crippen LogP contribution >= 0.6 is 0 Å². The lowest BCUT2D eigenvalue weighted by molar-refractivity contribution is -0.149. The molecule has 1 fully saturated rings. The van der Waals surface area contributed by atoms with Crippen LogP contribution in [0.15, 0.2) is 0 Å². The van der Waals surface area contributed by atoms with Gasteiger partial charge in [0.15, 0.2) is 0 Å². The lowest BCUT2D eigenvalue weighted by Gasteiger charge is -2.23. The molecule has 0 aromatic rings. The van der Waals surface area contributed by atoms with Crippen molar-refractivity contribution >= 4 is 11.9 Å². The number of unbranched alkanes of at least 4 members (excludes halogenated alkanes) is 4. The summed E-state index contributed by atoms with van der Waals surface area (Å²) in [5, 5.41) is 8.96. The van der Waals surface area contributed by atoms with Gasteiger partial charge in [-0.2, -0.15) is 0 Å². The smallest absolute Gasteiger partial charge is 0.306 e. The van der Waals surface area contributed by atoms with Crippen LogP contribution in [0, 0.1) is 17.8 Å². The van der Waals surface area contributed by atoms with Crippen molar-refractivity contribution in [2.24, 2.45) is 17.8 Å². The first kappa shape index (κ1) is 25.0. The summed E-state index contributed by atoms with van der Waals surface area (Å²) in [6, 6.07) is 0. The van der Waals surface area contributed by atoms with E-state index < -0.39 is 5.97 Å². The first-order valence-electron chi connectivity index (χ1n) is 11.9. The summed E-state index contributed by atoms with van der Waals surface area (Å²) in [6.07, 6.45) is 16.8. The molecule has 1 unspecified atom stereocenters. The van der Waals surface area contributed by atoms with Crippen molar-refractivity contribution < 1.29 is 19.4 Å². The lowest BCUT2D eigenvalue weighted by atomic mass is 9.86. The normalized spacial score (nSPS) is 21.4. The molecule has 0 spiro atoms. The molecular formula is C24H44O4. The highest BCUT2D eigenvalue weighted by atomic mass is 16.5. The van der Waals surface area contributed by atoms with Gasteiger partial charge in [0.05, 0.1) is 5.92 Å². The van der Waals surface area contributed by atoms with Crippen molar-refractivity contribution in [3.63, 3.8) is 0 Å². The van der Waals surface area contributed by atoms with E-state index in [0.717, 1.165) is 50.4 Å². The average molecular weight is 397 g/mol. The number of hydrogen-bond acceptors (Lipinski definition) is 3. The molecule has 1 saturated carbocycles. The molecular weight excluding hydrogens is 352 g/mol. The molecule has 1 N–H and O–H groups in total. The fourth-order valence-corrected chi connectivity index (χ4v) is 4.58. The van der Waals surface area contributed by atoms with Gasteiger partial charge in [0.25, 0.3) is 0 Å². The lowest BCUT2D eigenvalue weighted by Crippen LogP contribution is -2.20. The standard InChI is InChI=1S/C24H44O4/c1-4-6-8-16-22(28-23(25)5-2)18-17-21-15-11-14-20(21)13-10-7-9-12-19(3)24(26)27/h19-22H,4-18H2,1-3H3,(H,26,27)/t19?,20-,21+,22-/m0/s1. The fourth-order valence-electron chi connectivity index (χ4n) is 4.58. The van der Waals surface area contributed by atoms with Crippen LogP contribution in [0.2, 0.25) is 0 Å². The average Bonchev–Trinajstić information content (AvgIpc) is 3.12. The molecule has 1 rings (SSSR count). The van der Waals surface area contributed by atoms with Gasteiger partial charge in [0, 0.05) is 6.42 Å². The number of aliphatic carboxylic acids is 1. The molecule has 0 aromatic heterocycles. The Kier molecular flexibility index (Phi) is 13.3. The van der Waals surface area contributed by atoms with Gasteiger partial charge in [-0.25, -0.2) is 0 Å². The van der Waals surface area contributed by atoms with E-state index in [1.165, 1.54) is 51.4 Å². The third-order valence-corrected chi connectivity index (χ3v) is 6.53. The molecule has 1 aliphatic carbocycles. The second-order valence-corrected chi connectivity index (χ2v) is 8.87. The Morgan fingerprint density at radius 1 is 0.929 bits per heavy atom. The second-order valence-electron chi connectivity index (χ2n) is 8.87. The van der Waals surface area contributed by atoms with Crippen LogP contribution in [0.4, 0.5) is 0 Å². The van der Waals surface area contributed by atoms with Crippen molar-refractivity contribution in [1.29, 1.82) is 0 Å². The summed E-state index contributed by atoms with van der Waals surface area (Å²) in [6.45, 7) is 5.88. The Bertz CT molecular complexity index is 434. The molecule has 1 aliphatic rings. The molecule has 0 radical (unpaired) electrons. The number of carboxylic acids is 1. The summed E-state index contributed by atoms with van der Waals surface area (Å²) in [7, 11) is 0. The van der Waals surface area contributed by atoms with E-state index in [-0.39, 0.29) is 18.0 Å². The SMILES string of the molecule is CCCCC[C@@H](CC[C@H]1CCC[C@@H]1CCCCCC(C)C(=O)O)OC(=O)CC. The molecule has 0 heterocycles.